The van der Waals surface area contributed by atoms with Crippen molar-refractivity contribution in [3.63, 3.8) is 0 Å². The van der Waals surface area contributed by atoms with Gasteiger partial charge in [-0.2, -0.15) is 0 Å². The van der Waals surface area contributed by atoms with E-state index < -0.39 is 0 Å². The van der Waals surface area contributed by atoms with Crippen molar-refractivity contribution in [1.82, 2.24) is 9.88 Å². The Kier molecular flexibility index (Phi) is 3.13. The Hall–Kier alpha value is -2.26. The predicted molar refractivity (Wildman–Crippen MR) is 84.9 cm³/mol. The Bertz CT molecular complexity index is 734. The minimum atomic E-state index is 0.975. The topological polar surface area (TPSA) is 32.2 Å². The second kappa shape index (κ2) is 5.26. The van der Waals surface area contributed by atoms with E-state index in [2.05, 4.69) is 46.4 Å². The van der Waals surface area contributed by atoms with E-state index in [1.54, 1.807) is 0 Å². The average Bonchev–Trinajstić information content (AvgIpc) is 3.16. The van der Waals surface area contributed by atoms with Gasteiger partial charge < -0.3 is 9.40 Å². The van der Waals surface area contributed by atoms with Crippen LogP contribution in [0.3, 0.4) is 0 Å². The number of aromatic amines is 1. The molecule has 0 radical (unpaired) electrons. The highest BCUT2D eigenvalue weighted by molar-refractivity contribution is 5.82. The molecular formula is C18H18N2O. The van der Waals surface area contributed by atoms with Gasteiger partial charge in [0.2, 0.25) is 0 Å². The monoisotopic (exact) mass is 278 g/mol. The smallest absolute Gasteiger partial charge is 0.134 e. The van der Waals surface area contributed by atoms with Crippen LogP contribution in [0.25, 0.3) is 16.5 Å². The molecule has 0 amide bonds. The molecule has 0 atom stereocenters. The molecule has 1 aliphatic rings. The van der Waals surface area contributed by atoms with Crippen LogP contribution in [0, 0.1) is 0 Å². The average molecular weight is 278 g/mol. The number of nitrogens with one attached hydrogen (secondary N) is 1. The Morgan fingerprint density at radius 3 is 2.90 bits per heavy atom. The molecular weight excluding hydrogens is 260 g/mol. The molecule has 3 nitrogen and oxygen atoms in total. The zero-order chi connectivity index (χ0) is 14.1. The van der Waals surface area contributed by atoms with Gasteiger partial charge in [-0.05, 0) is 35.8 Å². The second-order valence-electron chi connectivity index (χ2n) is 5.58. The first-order chi connectivity index (χ1) is 10.4. The van der Waals surface area contributed by atoms with Crippen molar-refractivity contribution in [3.05, 3.63) is 66.2 Å². The summed E-state index contributed by atoms with van der Waals surface area (Å²) in [5.41, 5.74) is 3.65. The highest BCUT2D eigenvalue weighted by Crippen LogP contribution is 2.28. The standard InChI is InChI=1S/C18H18N2O/c1-2-4-17-16(3-1)11-18(21-17)15-6-9-20(10-7-15)13-14-5-8-19-12-14/h1-6,8,11-12,19H,7,9-10,13H2. The highest BCUT2D eigenvalue weighted by Gasteiger charge is 2.16. The van der Waals surface area contributed by atoms with Gasteiger partial charge in [0.25, 0.3) is 0 Å². The van der Waals surface area contributed by atoms with E-state index in [1.807, 2.05) is 18.3 Å². The molecule has 0 saturated heterocycles. The molecule has 0 bridgehead atoms. The SMILES string of the molecule is C1=C(c2cc3ccccc3o2)CCN(Cc2cc[nH]c2)C1. The summed E-state index contributed by atoms with van der Waals surface area (Å²) in [6.07, 6.45) is 7.39. The van der Waals surface area contributed by atoms with Crippen molar-refractivity contribution in [2.45, 2.75) is 13.0 Å². The summed E-state index contributed by atoms with van der Waals surface area (Å²) in [5.74, 6) is 1.03. The molecule has 3 aromatic rings. The lowest BCUT2D eigenvalue weighted by Gasteiger charge is -2.25. The third-order valence-corrected chi connectivity index (χ3v) is 4.10. The van der Waals surface area contributed by atoms with E-state index in [9.17, 15) is 0 Å². The number of furan rings is 1. The Morgan fingerprint density at radius 1 is 1.19 bits per heavy atom. The van der Waals surface area contributed by atoms with Gasteiger partial charge in [-0.25, -0.2) is 0 Å². The van der Waals surface area contributed by atoms with Crippen molar-refractivity contribution < 1.29 is 4.42 Å². The molecule has 0 unspecified atom stereocenters. The third kappa shape index (κ3) is 2.52. The van der Waals surface area contributed by atoms with Crippen LogP contribution >= 0.6 is 0 Å². The molecule has 0 spiro atoms. The van der Waals surface area contributed by atoms with Gasteiger partial charge in [-0.1, -0.05) is 24.3 Å². The number of fused-ring (bicyclic) bond motifs is 1. The normalized spacial score (nSPS) is 16.3. The highest BCUT2D eigenvalue weighted by atomic mass is 16.3. The third-order valence-electron chi connectivity index (χ3n) is 4.10. The molecule has 0 fully saturated rings. The van der Waals surface area contributed by atoms with Crippen molar-refractivity contribution in [3.8, 4) is 0 Å². The lowest BCUT2D eigenvalue weighted by atomic mass is 10.0. The van der Waals surface area contributed by atoms with Gasteiger partial charge in [-0.3, -0.25) is 4.90 Å². The van der Waals surface area contributed by atoms with Crippen molar-refractivity contribution in [2.75, 3.05) is 13.1 Å². The molecule has 3 heterocycles. The Labute approximate surface area is 123 Å². The number of para-hydroxylation sites is 1. The van der Waals surface area contributed by atoms with Crippen LogP contribution in [0.5, 0.6) is 0 Å². The summed E-state index contributed by atoms with van der Waals surface area (Å²) < 4.78 is 5.96. The first kappa shape index (κ1) is 12.5. The van der Waals surface area contributed by atoms with Crippen molar-refractivity contribution in [2.24, 2.45) is 0 Å². The molecule has 2 aromatic heterocycles. The molecule has 1 N–H and O–H groups in total. The van der Waals surface area contributed by atoms with E-state index in [0.717, 1.165) is 37.4 Å². The van der Waals surface area contributed by atoms with E-state index in [4.69, 9.17) is 4.42 Å². The Morgan fingerprint density at radius 2 is 2.14 bits per heavy atom. The van der Waals surface area contributed by atoms with Crippen LogP contribution in [0.4, 0.5) is 0 Å². The fourth-order valence-corrected chi connectivity index (χ4v) is 2.93. The molecule has 0 saturated carbocycles. The van der Waals surface area contributed by atoms with Crippen LogP contribution in [0.1, 0.15) is 17.7 Å². The van der Waals surface area contributed by atoms with Crippen molar-refractivity contribution in [1.29, 1.82) is 0 Å². The predicted octanol–water partition coefficient (Wildman–Crippen LogP) is 4.05. The molecule has 1 aromatic carbocycles. The summed E-state index contributed by atoms with van der Waals surface area (Å²) in [6, 6.07) is 12.5. The van der Waals surface area contributed by atoms with Gasteiger partial charge in [-0.15, -0.1) is 0 Å². The number of benzene rings is 1. The van der Waals surface area contributed by atoms with Gasteiger partial charge >= 0.3 is 0 Å². The van der Waals surface area contributed by atoms with E-state index >= 15 is 0 Å². The van der Waals surface area contributed by atoms with Crippen LogP contribution in [-0.2, 0) is 6.54 Å². The molecule has 106 valence electrons. The van der Waals surface area contributed by atoms with Gasteiger partial charge in [0, 0.05) is 37.4 Å². The first-order valence-corrected chi connectivity index (χ1v) is 7.40. The largest absolute Gasteiger partial charge is 0.456 e. The number of hydrogen-bond donors (Lipinski definition) is 1. The van der Waals surface area contributed by atoms with E-state index in [0.29, 0.717) is 0 Å². The zero-order valence-electron chi connectivity index (χ0n) is 11.9. The summed E-state index contributed by atoms with van der Waals surface area (Å²) in [4.78, 5) is 5.57. The Balaban J connectivity index is 1.51. The molecule has 1 aliphatic heterocycles. The lowest BCUT2D eigenvalue weighted by Crippen LogP contribution is -2.27. The fourth-order valence-electron chi connectivity index (χ4n) is 2.93. The number of rotatable bonds is 3. The molecule has 0 aliphatic carbocycles. The van der Waals surface area contributed by atoms with Crippen LogP contribution in [0.2, 0.25) is 0 Å². The summed E-state index contributed by atoms with van der Waals surface area (Å²) in [6.45, 7) is 3.07. The van der Waals surface area contributed by atoms with Gasteiger partial charge in [0.15, 0.2) is 0 Å². The number of H-pyrrole nitrogens is 1. The number of nitrogens with zero attached hydrogens (tertiary/aromatic N) is 1. The van der Waals surface area contributed by atoms with Gasteiger partial charge in [0.1, 0.15) is 11.3 Å². The van der Waals surface area contributed by atoms with Crippen LogP contribution in [0.15, 0.2) is 59.3 Å². The second-order valence-corrected chi connectivity index (χ2v) is 5.58. The minimum Gasteiger partial charge on any atom is -0.456 e. The maximum Gasteiger partial charge on any atom is 0.134 e. The maximum absolute atomic E-state index is 5.96. The van der Waals surface area contributed by atoms with Crippen molar-refractivity contribution >= 4 is 16.5 Å². The molecule has 3 heteroatoms. The first-order valence-electron chi connectivity index (χ1n) is 7.40. The minimum absolute atomic E-state index is 0.975. The summed E-state index contributed by atoms with van der Waals surface area (Å²) in [7, 11) is 0. The van der Waals surface area contributed by atoms with E-state index in [-0.39, 0.29) is 0 Å². The number of aromatic nitrogens is 1. The fraction of sp³-hybridized carbons (Fsp3) is 0.222. The summed E-state index contributed by atoms with van der Waals surface area (Å²) in [5, 5.41) is 1.18. The van der Waals surface area contributed by atoms with Crippen LogP contribution < -0.4 is 0 Å². The number of hydrogen-bond acceptors (Lipinski definition) is 2. The maximum atomic E-state index is 5.96. The quantitative estimate of drug-likeness (QED) is 0.784. The molecule has 4 rings (SSSR count). The summed E-state index contributed by atoms with van der Waals surface area (Å²) >= 11 is 0. The lowest BCUT2D eigenvalue weighted by molar-refractivity contribution is 0.293. The zero-order valence-corrected chi connectivity index (χ0v) is 11.9. The van der Waals surface area contributed by atoms with E-state index in [1.165, 1.54) is 16.5 Å². The van der Waals surface area contributed by atoms with Crippen LogP contribution in [-0.4, -0.2) is 23.0 Å². The van der Waals surface area contributed by atoms with Gasteiger partial charge in [0.05, 0.1) is 0 Å². The molecule has 21 heavy (non-hydrogen) atoms.